The molecule has 1 N–H and O–H groups in total. The van der Waals surface area contributed by atoms with Crippen LogP contribution in [0.5, 0.6) is 17.2 Å². The first kappa shape index (κ1) is 21.6. The molecule has 3 aromatic rings. The SMILES string of the molecule is COc1cc([C@H]2CC(=O)c3cnc4c(c3C2)c(=O)[nH]c(=O)n4C(C)C)cc(OC)c1OC. The lowest BCUT2D eigenvalue weighted by Gasteiger charge is -2.26. The van der Waals surface area contributed by atoms with Gasteiger partial charge in [0.25, 0.3) is 5.56 Å². The molecule has 1 aliphatic carbocycles. The number of nitrogens with zero attached hydrogens (tertiary/aromatic N) is 2. The van der Waals surface area contributed by atoms with Gasteiger partial charge >= 0.3 is 5.69 Å². The molecule has 1 atom stereocenters. The van der Waals surface area contributed by atoms with E-state index in [1.807, 2.05) is 26.0 Å². The zero-order valence-electron chi connectivity index (χ0n) is 18.6. The Kier molecular flexibility index (Phi) is 5.50. The van der Waals surface area contributed by atoms with Gasteiger partial charge in [-0.2, -0.15) is 0 Å². The predicted molar refractivity (Wildman–Crippen MR) is 118 cm³/mol. The first-order chi connectivity index (χ1) is 15.3. The fraction of sp³-hybridized carbons (Fsp3) is 0.391. The molecule has 0 saturated carbocycles. The third-order valence-corrected chi connectivity index (χ3v) is 5.92. The maximum atomic E-state index is 13.0. The van der Waals surface area contributed by atoms with E-state index in [2.05, 4.69) is 9.97 Å². The summed E-state index contributed by atoms with van der Waals surface area (Å²) < 4.78 is 17.7. The normalized spacial score (nSPS) is 15.7. The minimum atomic E-state index is -0.537. The third kappa shape index (κ3) is 3.34. The summed E-state index contributed by atoms with van der Waals surface area (Å²) in [4.78, 5) is 44.9. The van der Waals surface area contributed by atoms with E-state index in [1.54, 1.807) is 0 Å². The molecule has 0 amide bonds. The molecule has 0 aliphatic heterocycles. The number of aromatic amines is 1. The second kappa shape index (κ2) is 8.14. The van der Waals surface area contributed by atoms with E-state index in [4.69, 9.17) is 14.2 Å². The van der Waals surface area contributed by atoms with Gasteiger partial charge in [0.2, 0.25) is 5.75 Å². The van der Waals surface area contributed by atoms with Crippen LogP contribution < -0.4 is 25.5 Å². The van der Waals surface area contributed by atoms with Gasteiger partial charge in [-0.1, -0.05) is 0 Å². The molecule has 2 heterocycles. The summed E-state index contributed by atoms with van der Waals surface area (Å²) in [6.07, 6.45) is 2.15. The number of carbonyl (C=O) groups excluding carboxylic acids is 1. The molecule has 4 rings (SSSR count). The molecular weight excluding hydrogens is 414 g/mol. The number of aromatic nitrogens is 3. The summed E-state index contributed by atoms with van der Waals surface area (Å²) in [5.41, 5.74) is 1.07. The Morgan fingerprint density at radius 2 is 1.69 bits per heavy atom. The second-order valence-electron chi connectivity index (χ2n) is 8.06. The average molecular weight is 439 g/mol. The summed E-state index contributed by atoms with van der Waals surface area (Å²) in [6, 6.07) is 3.43. The number of rotatable bonds is 5. The van der Waals surface area contributed by atoms with E-state index in [1.165, 1.54) is 32.1 Å². The van der Waals surface area contributed by atoms with Crippen molar-refractivity contribution in [1.29, 1.82) is 0 Å². The van der Waals surface area contributed by atoms with Crippen molar-refractivity contribution in [3.63, 3.8) is 0 Å². The smallest absolute Gasteiger partial charge is 0.330 e. The largest absolute Gasteiger partial charge is 0.493 e. The molecule has 0 saturated heterocycles. The fourth-order valence-electron chi connectivity index (χ4n) is 4.43. The zero-order valence-corrected chi connectivity index (χ0v) is 18.6. The monoisotopic (exact) mass is 439 g/mol. The maximum absolute atomic E-state index is 13.0. The Morgan fingerprint density at radius 1 is 1.03 bits per heavy atom. The standard InChI is InChI=1S/C23H25N3O6/c1-11(2)26-21-19(22(28)25-23(26)29)14-6-12(7-16(27)15(14)10-24-21)13-8-17(30-3)20(32-5)18(9-13)31-4/h8-12H,6-7H2,1-5H3,(H,25,28,29)/t12-/m1/s1. The van der Waals surface area contributed by atoms with Crippen LogP contribution in [0, 0.1) is 0 Å². The van der Waals surface area contributed by atoms with Crippen LogP contribution in [0.4, 0.5) is 0 Å². The highest BCUT2D eigenvalue weighted by molar-refractivity contribution is 6.02. The van der Waals surface area contributed by atoms with Gasteiger partial charge in [0.05, 0.1) is 26.7 Å². The summed E-state index contributed by atoms with van der Waals surface area (Å²) in [5, 5.41) is 0.279. The number of Topliss-reactive ketones (excluding diaryl/α,β-unsaturated/α-hetero) is 1. The highest BCUT2D eigenvalue weighted by atomic mass is 16.5. The van der Waals surface area contributed by atoms with Gasteiger partial charge in [-0.15, -0.1) is 0 Å². The molecule has 168 valence electrons. The first-order valence-electron chi connectivity index (χ1n) is 10.3. The van der Waals surface area contributed by atoms with Crippen molar-refractivity contribution in [1.82, 2.24) is 14.5 Å². The van der Waals surface area contributed by atoms with Crippen molar-refractivity contribution in [3.05, 3.63) is 55.9 Å². The van der Waals surface area contributed by atoms with Crippen molar-refractivity contribution in [2.24, 2.45) is 0 Å². The van der Waals surface area contributed by atoms with E-state index >= 15 is 0 Å². The summed E-state index contributed by atoms with van der Waals surface area (Å²) in [5.74, 6) is 1.12. The van der Waals surface area contributed by atoms with E-state index < -0.39 is 11.2 Å². The van der Waals surface area contributed by atoms with Gasteiger partial charge in [0, 0.05) is 24.2 Å². The number of ketones is 1. The topological polar surface area (TPSA) is 113 Å². The Hall–Kier alpha value is -3.62. The van der Waals surface area contributed by atoms with Crippen LogP contribution >= 0.6 is 0 Å². The van der Waals surface area contributed by atoms with Crippen molar-refractivity contribution >= 4 is 16.8 Å². The minimum Gasteiger partial charge on any atom is -0.493 e. The van der Waals surface area contributed by atoms with Crippen LogP contribution in [-0.2, 0) is 6.42 Å². The lowest BCUT2D eigenvalue weighted by molar-refractivity contribution is 0.0964. The summed E-state index contributed by atoms with van der Waals surface area (Å²) in [6.45, 7) is 3.67. The number of pyridine rings is 1. The van der Waals surface area contributed by atoms with Crippen LogP contribution in [0.25, 0.3) is 11.0 Å². The molecule has 0 fully saturated rings. The van der Waals surface area contributed by atoms with Crippen LogP contribution in [0.3, 0.4) is 0 Å². The average Bonchev–Trinajstić information content (AvgIpc) is 2.76. The molecule has 0 bridgehead atoms. The molecule has 0 radical (unpaired) electrons. The number of benzene rings is 1. The Bertz CT molecular complexity index is 1310. The molecule has 0 spiro atoms. The summed E-state index contributed by atoms with van der Waals surface area (Å²) in [7, 11) is 4.60. The van der Waals surface area contributed by atoms with Crippen LogP contribution in [0.15, 0.2) is 27.9 Å². The minimum absolute atomic E-state index is 0.110. The quantitative estimate of drug-likeness (QED) is 0.650. The van der Waals surface area contributed by atoms with E-state index in [0.717, 1.165) is 5.56 Å². The third-order valence-electron chi connectivity index (χ3n) is 5.92. The number of methoxy groups -OCH3 is 3. The number of H-pyrrole nitrogens is 1. The van der Waals surface area contributed by atoms with Gasteiger partial charge in [-0.25, -0.2) is 9.78 Å². The highest BCUT2D eigenvalue weighted by Gasteiger charge is 2.31. The predicted octanol–water partition coefficient (Wildman–Crippen LogP) is 2.60. The maximum Gasteiger partial charge on any atom is 0.330 e. The number of hydrogen-bond acceptors (Lipinski definition) is 7. The van der Waals surface area contributed by atoms with Gasteiger partial charge in [0.1, 0.15) is 5.65 Å². The van der Waals surface area contributed by atoms with E-state index in [0.29, 0.717) is 34.8 Å². The molecule has 9 nitrogen and oxygen atoms in total. The summed E-state index contributed by atoms with van der Waals surface area (Å²) >= 11 is 0. The molecule has 9 heteroatoms. The molecule has 32 heavy (non-hydrogen) atoms. The Balaban J connectivity index is 1.92. The van der Waals surface area contributed by atoms with Gasteiger partial charge < -0.3 is 14.2 Å². The molecule has 1 aliphatic rings. The van der Waals surface area contributed by atoms with Crippen molar-refractivity contribution in [3.8, 4) is 17.2 Å². The number of ether oxygens (including phenoxy) is 3. The number of nitrogens with one attached hydrogen (secondary N) is 1. The highest BCUT2D eigenvalue weighted by Crippen LogP contribution is 2.43. The molecule has 0 unspecified atom stereocenters. The lowest BCUT2D eigenvalue weighted by atomic mass is 9.79. The van der Waals surface area contributed by atoms with Gasteiger partial charge in [-0.05, 0) is 49.4 Å². The number of hydrogen-bond donors (Lipinski definition) is 1. The van der Waals surface area contributed by atoms with Crippen molar-refractivity contribution < 1.29 is 19.0 Å². The van der Waals surface area contributed by atoms with Crippen molar-refractivity contribution in [2.45, 2.75) is 38.6 Å². The van der Waals surface area contributed by atoms with Gasteiger partial charge in [-0.3, -0.25) is 19.1 Å². The fourth-order valence-corrected chi connectivity index (χ4v) is 4.43. The number of carbonyl (C=O) groups is 1. The Labute approximate surface area is 184 Å². The zero-order chi connectivity index (χ0) is 23.2. The molecule has 2 aromatic heterocycles. The van der Waals surface area contributed by atoms with Crippen LogP contribution in [0.1, 0.15) is 53.7 Å². The molecule has 1 aromatic carbocycles. The van der Waals surface area contributed by atoms with Crippen LogP contribution in [0.2, 0.25) is 0 Å². The van der Waals surface area contributed by atoms with E-state index in [-0.39, 0.29) is 35.2 Å². The lowest BCUT2D eigenvalue weighted by Crippen LogP contribution is -2.33. The second-order valence-corrected chi connectivity index (χ2v) is 8.06. The van der Waals surface area contributed by atoms with E-state index in [9.17, 15) is 14.4 Å². The van der Waals surface area contributed by atoms with Crippen molar-refractivity contribution in [2.75, 3.05) is 21.3 Å². The van der Waals surface area contributed by atoms with Crippen LogP contribution in [-0.4, -0.2) is 41.6 Å². The Morgan fingerprint density at radius 3 is 2.25 bits per heavy atom. The van der Waals surface area contributed by atoms with Gasteiger partial charge in [0.15, 0.2) is 17.3 Å². The first-order valence-corrected chi connectivity index (χ1v) is 10.3. The number of fused-ring (bicyclic) bond motifs is 3. The molecular formula is C23H25N3O6.